The average molecular weight is 238 g/mol. The number of hydrogen-bond donors (Lipinski definition) is 1. The van der Waals surface area contributed by atoms with Gasteiger partial charge in [0, 0.05) is 10.6 Å². The lowest BCUT2D eigenvalue weighted by molar-refractivity contribution is -0.0468. The number of fused-ring (bicyclic) bond motifs is 2. The molecule has 1 unspecified atom stereocenters. The van der Waals surface area contributed by atoms with E-state index >= 15 is 0 Å². The van der Waals surface area contributed by atoms with Gasteiger partial charge in [-0.3, -0.25) is 0 Å². The van der Waals surface area contributed by atoms with Crippen LogP contribution < -0.4 is 5.32 Å². The highest BCUT2D eigenvalue weighted by atomic mass is 35.5. The summed E-state index contributed by atoms with van der Waals surface area (Å²) in [5.41, 5.74) is 2.41. The summed E-state index contributed by atoms with van der Waals surface area (Å²) in [7, 11) is 0. The Hall–Kier alpha value is -0.570. The van der Waals surface area contributed by atoms with Crippen LogP contribution in [0.5, 0.6) is 0 Å². The molecule has 2 aliphatic heterocycles. The van der Waals surface area contributed by atoms with Crippen LogP contribution in [0.4, 0.5) is 0 Å². The summed E-state index contributed by atoms with van der Waals surface area (Å²) in [5, 5.41) is 4.30. The van der Waals surface area contributed by atoms with Crippen molar-refractivity contribution in [2.45, 2.75) is 31.5 Å². The van der Waals surface area contributed by atoms with Gasteiger partial charge in [-0.05, 0) is 44.0 Å². The molecule has 2 nitrogen and oxygen atoms in total. The molecule has 0 saturated carbocycles. The highest BCUT2D eigenvalue weighted by Crippen LogP contribution is 2.46. The maximum Gasteiger partial charge on any atom is 0.0966 e. The minimum absolute atomic E-state index is 0.114. The van der Waals surface area contributed by atoms with E-state index in [1.807, 2.05) is 12.1 Å². The molecule has 3 rings (SSSR count). The van der Waals surface area contributed by atoms with Crippen molar-refractivity contribution in [2.75, 3.05) is 13.1 Å². The monoisotopic (exact) mass is 237 g/mol. The maximum absolute atomic E-state index is 6.35. The van der Waals surface area contributed by atoms with E-state index in [2.05, 4.69) is 11.4 Å². The summed E-state index contributed by atoms with van der Waals surface area (Å²) in [5.74, 6) is 0. The molecule has 1 fully saturated rings. The Morgan fingerprint density at radius 1 is 1.25 bits per heavy atom. The lowest BCUT2D eigenvalue weighted by Gasteiger charge is -2.28. The van der Waals surface area contributed by atoms with E-state index in [1.165, 1.54) is 11.1 Å². The second kappa shape index (κ2) is 4.02. The molecule has 3 heteroatoms. The molecule has 0 amide bonds. The zero-order valence-corrected chi connectivity index (χ0v) is 10.0. The molecular weight excluding hydrogens is 222 g/mol. The molecule has 1 aromatic rings. The van der Waals surface area contributed by atoms with Gasteiger partial charge in [-0.2, -0.15) is 0 Å². The third kappa shape index (κ3) is 1.56. The molecule has 1 saturated heterocycles. The quantitative estimate of drug-likeness (QED) is 0.749. The van der Waals surface area contributed by atoms with Crippen LogP contribution in [-0.4, -0.2) is 13.1 Å². The molecule has 0 bridgehead atoms. The van der Waals surface area contributed by atoms with Crippen molar-refractivity contribution in [2.24, 2.45) is 0 Å². The van der Waals surface area contributed by atoms with Gasteiger partial charge in [-0.25, -0.2) is 0 Å². The second-order valence-electron chi connectivity index (χ2n) is 4.66. The summed E-state index contributed by atoms with van der Waals surface area (Å²) >= 11 is 6.35. The summed E-state index contributed by atoms with van der Waals surface area (Å²) in [4.78, 5) is 0. The molecule has 86 valence electrons. The average Bonchev–Trinajstić information content (AvgIpc) is 2.49. The predicted octanol–water partition coefficient (Wildman–Crippen LogP) is 2.84. The number of hydrogen-bond acceptors (Lipinski definition) is 2. The zero-order valence-electron chi connectivity index (χ0n) is 9.26. The van der Waals surface area contributed by atoms with Crippen molar-refractivity contribution >= 4 is 11.6 Å². The first-order valence-corrected chi connectivity index (χ1v) is 6.32. The Morgan fingerprint density at radius 3 is 3.12 bits per heavy atom. The van der Waals surface area contributed by atoms with E-state index in [9.17, 15) is 0 Å². The molecule has 0 radical (unpaired) electrons. The van der Waals surface area contributed by atoms with E-state index in [1.54, 1.807) is 0 Å². The van der Waals surface area contributed by atoms with Crippen LogP contribution in [0.3, 0.4) is 0 Å². The number of benzene rings is 1. The van der Waals surface area contributed by atoms with Crippen LogP contribution in [0.25, 0.3) is 0 Å². The van der Waals surface area contributed by atoms with Crippen LogP contribution >= 0.6 is 11.6 Å². The number of halogens is 1. The Morgan fingerprint density at radius 2 is 2.19 bits per heavy atom. The Kier molecular flexibility index (Phi) is 2.66. The summed E-state index contributed by atoms with van der Waals surface area (Å²) < 4.78 is 6.09. The van der Waals surface area contributed by atoms with Gasteiger partial charge in [0.15, 0.2) is 0 Å². The largest absolute Gasteiger partial charge is 0.365 e. The van der Waals surface area contributed by atoms with Crippen molar-refractivity contribution in [3.05, 3.63) is 34.3 Å². The summed E-state index contributed by atoms with van der Waals surface area (Å²) in [6.07, 6.45) is 3.27. The first-order valence-electron chi connectivity index (χ1n) is 5.94. The lowest BCUT2D eigenvalue weighted by Crippen LogP contribution is -2.27. The molecule has 16 heavy (non-hydrogen) atoms. The van der Waals surface area contributed by atoms with Crippen LogP contribution in [0.15, 0.2) is 18.2 Å². The van der Waals surface area contributed by atoms with Crippen molar-refractivity contribution in [3.8, 4) is 0 Å². The van der Waals surface area contributed by atoms with E-state index < -0.39 is 0 Å². The predicted molar refractivity (Wildman–Crippen MR) is 64.6 cm³/mol. The topological polar surface area (TPSA) is 21.3 Å². The first-order chi connectivity index (χ1) is 7.82. The van der Waals surface area contributed by atoms with E-state index in [0.717, 1.165) is 44.0 Å². The summed E-state index contributed by atoms with van der Waals surface area (Å²) in [6.45, 7) is 2.82. The zero-order chi connectivity index (χ0) is 11.0. The maximum atomic E-state index is 6.35. The molecule has 0 aromatic heterocycles. The van der Waals surface area contributed by atoms with Crippen LogP contribution in [0.1, 0.15) is 30.4 Å². The molecule has 2 aliphatic rings. The van der Waals surface area contributed by atoms with Crippen LogP contribution in [0, 0.1) is 0 Å². The fraction of sp³-hybridized carbons (Fsp3) is 0.538. The Labute approximate surface area is 101 Å². The Bertz CT molecular complexity index is 397. The molecule has 1 N–H and O–H groups in total. The smallest absolute Gasteiger partial charge is 0.0966 e. The molecule has 1 atom stereocenters. The van der Waals surface area contributed by atoms with Crippen molar-refractivity contribution < 1.29 is 4.74 Å². The van der Waals surface area contributed by atoms with Gasteiger partial charge in [0.1, 0.15) is 0 Å². The van der Waals surface area contributed by atoms with Crippen molar-refractivity contribution in [1.29, 1.82) is 0 Å². The first kappa shape index (κ1) is 10.6. The molecule has 0 aliphatic carbocycles. The molecule has 1 aromatic carbocycles. The minimum Gasteiger partial charge on any atom is -0.365 e. The number of rotatable bonds is 0. The van der Waals surface area contributed by atoms with Crippen molar-refractivity contribution in [3.63, 3.8) is 0 Å². The van der Waals surface area contributed by atoms with E-state index in [-0.39, 0.29) is 5.60 Å². The standard InChI is InChI=1S/C13H16ClNO/c14-11-4-1-3-10-9-16-13(12(10)11)5-2-7-15-8-6-13/h1,3-4,15H,2,5-9H2. The van der Waals surface area contributed by atoms with Gasteiger partial charge >= 0.3 is 0 Å². The fourth-order valence-electron chi connectivity index (χ4n) is 2.92. The Balaban J connectivity index is 2.05. The normalized spacial score (nSPS) is 29.1. The fourth-order valence-corrected chi connectivity index (χ4v) is 3.29. The molecule has 1 spiro atoms. The van der Waals surface area contributed by atoms with Gasteiger partial charge in [-0.1, -0.05) is 23.7 Å². The van der Waals surface area contributed by atoms with E-state index in [0.29, 0.717) is 0 Å². The van der Waals surface area contributed by atoms with Crippen LogP contribution in [-0.2, 0) is 16.9 Å². The third-order valence-corrected chi connectivity index (χ3v) is 4.01. The van der Waals surface area contributed by atoms with Gasteiger partial charge in [0.2, 0.25) is 0 Å². The minimum atomic E-state index is -0.114. The van der Waals surface area contributed by atoms with Gasteiger partial charge in [0.25, 0.3) is 0 Å². The third-order valence-electron chi connectivity index (χ3n) is 3.70. The van der Waals surface area contributed by atoms with Gasteiger partial charge in [-0.15, -0.1) is 0 Å². The second-order valence-corrected chi connectivity index (χ2v) is 5.07. The highest BCUT2D eigenvalue weighted by Gasteiger charge is 2.41. The van der Waals surface area contributed by atoms with E-state index in [4.69, 9.17) is 16.3 Å². The molecular formula is C13H16ClNO. The molecule has 2 heterocycles. The highest BCUT2D eigenvalue weighted by molar-refractivity contribution is 6.31. The summed E-state index contributed by atoms with van der Waals surface area (Å²) in [6, 6.07) is 6.13. The number of ether oxygens (including phenoxy) is 1. The SMILES string of the molecule is Clc1cccc2c1C1(CCCNCC1)OC2. The van der Waals surface area contributed by atoms with Crippen LogP contribution in [0.2, 0.25) is 5.02 Å². The lowest BCUT2D eigenvalue weighted by atomic mass is 9.86. The van der Waals surface area contributed by atoms with Gasteiger partial charge in [0.05, 0.1) is 12.2 Å². The van der Waals surface area contributed by atoms with Crippen molar-refractivity contribution in [1.82, 2.24) is 5.32 Å². The van der Waals surface area contributed by atoms with Gasteiger partial charge < -0.3 is 10.1 Å². The number of nitrogens with one attached hydrogen (secondary N) is 1.